The molecule has 1 heterocycles. The molecule has 0 bridgehead atoms. The Balaban J connectivity index is 2.42. The highest BCUT2D eigenvalue weighted by atomic mass is 35.5. The number of benzene rings is 1. The van der Waals surface area contributed by atoms with Crippen LogP contribution in [0.4, 0.5) is 4.79 Å². The first-order valence-electron chi connectivity index (χ1n) is 6.91. The summed E-state index contributed by atoms with van der Waals surface area (Å²) in [6.07, 6.45) is -0.955. The highest BCUT2D eigenvalue weighted by Crippen LogP contribution is 2.40. The molecule has 128 valence electrons. The molecule has 0 unspecified atom stereocenters. The van der Waals surface area contributed by atoms with E-state index in [1.54, 1.807) is 13.1 Å². The number of nitrogens with zero attached hydrogens (tertiary/aromatic N) is 2. The second-order valence-corrected chi connectivity index (χ2v) is 7.11. The fraction of sp³-hybridized carbons (Fsp3) is 0.267. The molecule has 0 aliphatic heterocycles. The molecule has 1 amide bonds. The van der Waals surface area contributed by atoms with Crippen molar-refractivity contribution < 1.29 is 9.53 Å². The predicted molar refractivity (Wildman–Crippen MR) is 94.4 cm³/mol. The molecule has 2 aromatic rings. The number of carbonyl (C=O) groups excluding carboxylic acids is 1. The van der Waals surface area contributed by atoms with Gasteiger partial charge in [-0.2, -0.15) is 5.10 Å². The topological polar surface area (TPSA) is 87.2 Å². The van der Waals surface area contributed by atoms with Crippen LogP contribution in [0.25, 0.3) is 0 Å². The van der Waals surface area contributed by atoms with Gasteiger partial charge < -0.3 is 10.5 Å². The molecule has 0 saturated carbocycles. The third-order valence-electron chi connectivity index (χ3n) is 3.09. The number of aryl methyl sites for hydroxylation is 1. The standard InChI is InChI=1S/C15H15Cl2N3O3S/c1-7(2)9-6-12(19-20(3)14(9)21)24-13-10(16)4-8(5-11(13)17)23-15(18)22/h4-7H,1-3H3,(H2,18,22). The minimum Gasteiger partial charge on any atom is -0.410 e. The molecule has 0 aliphatic rings. The first kappa shape index (κ1) is 18.6. The smallest absolute Gasteiger partial charge is 0.409 e. The zero-order chi connectivity index (χ0) is 18.0. The van der Waals surface area contributed by atoms with Crippen LogP contribution < -0.4 is 16.0 Å². The molecule has 24 heavy (non-hydrogen) atoms. The molecule has 0 saturated heterocycles. The molecule has 0 aliphatic carbocycles. The van der Waals surface area contributed by atoms with Crippen molar-refractivity contribution in [3.05, 3.63) is 44.2 Å². The molecule has 0 radical (unpaired) electrons. The van der Waals surface area contributed by atoms with E-state index < -0.39 is 6.09 Å². The molecule has 0 fully saturated rings. The van der Waals surface area contributed by atoms with E-state index in [0.717, 1.165) is 0 Å². The average Bonchev–Trinajstić information content (AvgIpc) is 2.45. The summed E-state index contributed by atoms with van der Waals surface area (Å²) in [6.45, 7) is 3.86. The first-order chi connectivity index (χ1) is 11.2. The van der Waals surface area contributed by atoms with Gasteiger partial charge in [0.2, 0.25) is 0 Å². The number of aromatic nitrogens is 2. The molecular formula is C15H15Cl2N3O3S. The van der Waals surface area contributed by atoms with E-state index in [0.29, 0.717) is 15.5 Å². The van der Waals surface area contributed by atoms with E-state index in [2.05, 4.69) is 5.10 Å². The molecule has 9 heteroatoms. The van der Waals surface area contributed by atoms with E-state index in [-0.39, 0.29) is 27.3 Å². The van der Waals surface area contributed by atoms with Crippen LogP contribution in [0.15, 0.2) is 32.9 Å². The quantitative estimate of drug-likeness (QED) is 0.861. The third-order valence-corrected chi connectivity index (χ3v) is 4.96. The molecule has 2 N–H and O–H groups in total. The van der Waals surface area contributed by atoms with Gasteiger partial charge in [0, 0.05) is 24.7 Å². The number of nitrogens with two attached hydrogens (primary N) is 1. The number of carbonyl (C=O) groups is 1. The van der Waals surface area contributed by atoms with Crippen LogP contribution in [0.1, 0.15) is 25.3 Å². The number of primary amides is 1. The highest BCUT2D eigenvalue weighted by molar-refractivity contribution is 7.99. The maximum Gasteiger partial charge on any atom is 0.409 e. The average molecular weight is 388 g/mol. The molecule has 0 spiro atoms. The molecule has 0 atom stereocenters. The van der Waals surface area contributed by atoms with Crippen molar-refractivity contribution in [1.29, 1.82) is 0 Å². The second-order valence-electron chi connectivity index (χ2n) is 5.26. The van der Waals surface area contributed by atoms with E-state index >= 15 is 0 Å². The Morgan fingerprint density at radius 2 is 1.88 bits per heavy atom. The third kappa shape index (κ3) is 4.23. The van der Waals surface area contributed by atoms with Crippen molar-refractivity contribution in [1.82, 2.24) is 9.78 Å². The van der Waals surface area contributed by atoms with Gasteiger partial charge in [-0.15, -0.1) is 0 Å². The Hall–Kier alpha value is -1.70. The molecule has 1 aromatic heterocycles. The lowest BCUT2D eigenvalue weighted by atomic mass is 10.1. The van der Waals surface area contributed by atoms with Crippen molar-refractivity contribution in [2.24, 2.45) is 12.8 Å². The summed E-state index contributed by atoms with van der Waals surface area (Å²) < 4.78 is 6.05. The highest BCUT2D eigenvalue weighted by Gasteiger charge is 2.15. The fourth-order valence-electron chi connectivity index (χ4n) is 1.98. The minimum atomic E-state index is -0.955. The Morgan fingerprint density at radius 3 is 2.38 bits per heavy atom. The van der Waals surface area contributed by atoms with Crippen molar-refractivity contribution >= 4 is 41.1 Å². The number of ether oxygens (including phenoxy) is 1. The number of amides is 1. The van der Waals surface area contributed by atoms with Gasteiger partial charge in [-0.25, -0.2) is 9.48 Å². The van der Waals surface area contributed by atoms with E-state index in [9.17, 15) is 9.59 Å². The Morgan fingerprint density at radius 1 is 1.29 bits per heavy atom. The van der Waals surface area contributed by atoms with Gasteiger partial charge >= 0.3 is 6.09 Å². The van der Waals surface area contributed by atoms with Crippen LogP contribution >= 0.6 is 35.0 Å². The Kier molecular flexibility index (Phi) is 5.79. The van der Waals surface area contributed by atoms with Gasteiger partial charge in [0.25, 0.3) is 5.56 Å². The number of rotatable bonds is 4. The normalized spacial score (nSPS) is 10.9. The summed E-state index contributed by atoms with van der Waals surface area (Å²) in [5, 5.41) is 5.35. The van der Waals surface area contributed by atoms with Gasteiger partial charge in [0.05, 0.1) is 14.9 Å². The lowest BCUT2D eigenvalue weighted by molar-refractivity contribution is 0.211. The van der Waals surface area contributed by atoms with Crippen molar-refractivity contribution in [2.45, 2.75) is 29.7 Å². The number of hydrogen-bond acceptors (Lipinski definition) is 5. The van der Waals surface area contributed by atoms with Crippen LogP contribution in [-0.2, 0) is 7.05 Å². The van der Waals surface area contributed by atoms with Gasteiger partial charge in [-0.3, -0.25) is 4.79 Å². The summed E-state index contributed by atoms with van der Waals surface area (Å²) >= 11 is 13.6. The first-order valence-corrected chi connectivity index (χ1v) is 8.48. The van der Waals surface area contributed by atoms with Crippen molar-refractivity contribution in [3.8, 4) is 5.75 Å². The zero-order valence-electron chi connectivity index (χ0n) is 13.2. The lowest BCUT2D eigenvalue weighted by Crippen LogP contribution is -2.24. The zero-order valence-corrected chi connectivity index (χ0v) is 15.5. The molecule has 1 aromatic carbocycles. The summed E-state index contributed by atoms with van der Waals surface area (Å²) in [5.74, 6) is 0.210. The van der Waals surface area contributed by atoms with Crippen LogP contribution in [0.5, 0.6) is 5.75 Å². The second kappa shape index (κ2) is 7.46. The van der Waals surface area contributed by atoms with Crippen molar-refractivity contribution in [2.75, 3.05) is 0 Å². The summed E-state index contributed by atoms with van der Waals surface area (Å²) in [5.41, 5.74) is 5.47. The van der Waals surface area contributed by atoms with Crippen LogP contribution in [0.2, 0.25) is 10.0 Å². The monoisotopic (exact) mass is 387 g/mol. The fourth-order valence-corrected chi connectivity index (χ4v) is 3.55. The van der Waals surface area contributed by atoms with E-state index in [4.69, 9.17) is 33.7 Å². The lowest BCUT2D eigenvalue weighted by Gasteiger charge is -2.12. The minimum absolute atomic E-state index is 0.0586. The van der Waals surface area contributed by atoms with Crippen LogP contribution in [0, 0.1) is 0 Å². The van der Waals surface area contributed by atoms with E-state index in [1.165, 1.54) is 28.6 Å². The Bertz CT molecular complexity index is 829. The van der Waals surface area contributed by atoms with Gasteiger partial charge in [0.15, 0.2) is 0 Å². The van der Waals surface area contributed by atoms with E-state index in [1.807, 2.05) is 13.8 Å². The number of halogens is 2. The van der Waals surface area contributed by atoms with Crippen molar-refractivity contribution in [3.63, 3.8) is 0 Å². The maximum absolute atomic E-state index is 12.1. The number of hydrogen-bond donors (Lipinski definition) is 1. The summed E-state index contributed by atoms with van der Waals surface area (Å²) in [4.78, 5) is 23.4. The van der Waals surface area contributed by atoms with Crippen LogP contribution in [-0.4, -0.2) is 15.9 Å². The molecule has 2 rings (SSSR count). The largest absolute Gasteiger partial charge is 0.410 e. The SMILES string of the molecule is CC(C)c1cc(Sc2c(Cl)cc(OC(N)=O)cc2Cl)nn(C)c1=O. The van der Waals surface area contributed by atoms with Crippen LogP contribution in [0.3, 0.4) is 0 Å². The molecule has 6 nitrogen and oxygen atoms in total. The Labute approximate surface area is 152 Å². The summed E-state index contributed by atoms with van der Waals surface area (Å²) in [6, 6.07) is 4.59. The predicted octanol–water partition coefficient (Wildman–Crippen LogP) is 3.82. The maximum atomic E-state index is 12.1. The van der Waals surface area contributed by atoms with Gasteiger partial charge in [-0.05, 0) is 12.0 Å². The molecular weight excluding hydrogens is 373 g/mol. The summed E-state index contributed by atoms with van der Waals surface area (Å²) in [7, 11) is 1.59. The van der Waals surface area contributed by atoms with Gasteiger partial charge in [0.1, 0.15) is 10.8 Å². The van der Waals surface area contributed by atoms with Gasteiger partial charge in [-0.1, -0.05) is 48.8 Å².